The fourth-order valence-corrected chi connectivity index (χ4v) is 3.83. The van der Waals surface area contributed by atoms with Crippen molar-refractivity contribution in [2.24, 2.45) is 0 Å². The number of pyridine rings is 1. The molecule has 1 aliphatic heterocycles. The number of hydrogen-bond acceptors (Lipinski definition) is 6. The molecule has 0 spiro atoms. The van der Waals surface area contributed by atoms with Gasteiger partial charge in [-0.15, -0.1) is 0 Å². The van der Waals surface area contributed by atoms with Gasteiger partial charge in [0.1, 0.15) is 0 Å². The second-order valence-corrected chi connectivity index (χ2v) is 6.68. The second kappa shape index (κ2) is 5.99. The first-order valence-corrected chi connectivity index (χ1v) is 8.82. The van der Waals surface area contributed by atoms with Crippen LogP contribution in [0.2, 0.25) is 0 Å². The number of benzene rings is 3. The van der Waals surface area contributed by atoms with Crippen LogP contribution in [0.4, 0.5) is 0 Å². The maximum Gasteiger partial charge on any atom is 0.231 e. The van der Waals surface area contributed by atoms with Crippen molar-refractivity contribution >= 4 is 38.2 Å². The topological polar surface area (TPSA) is 66.9 Å². The molecule has 0 saturated heterocycles. The molecular weight excluding hydrogens is 358 g/mol. The lowest BCUT2D eigenvalue weighted by Gasteiger charge is -2.14. The molecule has 1 aromatic heterocycles. The number of rotatable bonds is 3. The standard InChI is InChI=1S/C22H17NO5/c1-11(24)13-4-12-5-18(25-2)19(26-3)6-14(12)16-9-23-17-8-21-20(27-10-28-21)7-15(17)22(13)16/h4-9H,10H2,1-3H3. The van der Waals surface area contributed by atoms with E-state index in [2.05, 4.69) is 4.98 Å². The summed E-state index contributed by atoms with van der Waals surface area (Å²) in [5, 5.41) is 4.39. The van der Waals surface area contributed by atoms with Crippen LogP contribution in [-0.2, 0) is 0 Å². The van der Waals surface area contributed by atoms with Crippen LogP contribution in [0.25, 0.3) is 32.4 Å². The number of nitrogens with zero attached hydrogens (tertiary/aromatic N) is 1. The number of carbonyl (C=O) groups excluding carboxylic acids is 1. The van der Waals surface area contributed by atoms with E-state index in [4.69, 9.17) is 18.9 Å². The largest absolute Gasteiger partial charge is 0.493 e. The minimum atomic E-state index is -0.0214. The molecule has 140 valence electrons. The summed E-state index contributed by atoms with van der Waals surface area (Å²) in [5.41, 5.74) is 1.38. The van der Waals surface area contributed by atoms with Crippen LogP contribution in [0.1, 0.15) is 17.3 Å². The van der Waals surface area contributed by atoms with Crippen molar-refractivity contribution < 1.29 is 23.7 Å². The number of aromatic nitrogens is 1. The summed E-state index contributed by atoms with van der Waals surface area (Å²) < 4.78 is 21.9. The normalized spacial score (nSPS) is 12.7. The van der Waals surface area contributed by atoms with Crippen molar-refractivity contribution in [3.63, 3.8) is 0 Å². The lowest BCUT2D eigenvalue weighted by Crippen LogP contribution is -1.98. The van der Waals surface area contributed by atoms with Crippen LogP contribution < -0.4 is 18.9 Å². The molecule has 1 aliphatic rings. The molecule has 2 heterocycles. The quantitative estimate of drug-likeness (QED) is 0.388. The van der Waals surface area contributed by atoms with Crippen LogP contribution in [0.3, 0.4) is 0 Å². The number of carbonyl (C=O) groups is 1. The average Bonchev–Trinajstić information content (AvgIpc) is 3.17. The van der Waals surface area contributed by atoms with Crippen LogP contribution in [0, 0.1) is 0 Å². The molecule has 0 N–H and O–H groups in total. The van der Waals surface area contributed by atoms with Crippen LogP contribution >= 0.6 is 0 Å². The van der Waals surface area contributed by atoms with Gasteiger partial charge in [-0.3, -0.25) is 9.78 Å². The number of ketones is 1. The predicted molar refractivity (Wildman–Crippen MR) is 106 cm³/mol. The smallest absolute Gasteiger partial charge is 0.231 e. The van der Waals surface area contributed by atoms with Gasteiger partial charge in [0.25, 0.3) is 0 Å². The molecule has 0 saturated carbocycles. The fourth-order valence-electron chi connectivity index (χ4n) is 3.83. The summed E-state index contributed by atoms with van der Waals surface area (Å²) in [6, 6.07) is 9.43. The Bertz CT molecular complexity index is 1300. The van der Waals surface area contributed by atoms with Gasteiger partial charge in [0.15, 0.2) is 28.8 Å². The van der Waals surface area contributed by atoms with E-state index in [-0.39, 0.29) is 12.6 Å². The van der Waals surface area contributed by atoms with Gasteiger partial charge in [0.05, 0.1) is 19.7 Å². The van der Waals surface area contributed by atoms with E-state index in [1.807, 2.05) is 30.3 Å². The van der Waals surface area contributed by atoms with Gasteiger partial charge < -0.3 is 18.9 Å². The van der Waals surface area contributed by atoms with Crippen molar-refractivity contribution in [3.8, 4) is 23.0 Å². The van der Waals surface area contributed by atoms with E-state index in [1.165, 1.54) is 0 Å². The van der Waals surface area contributed by atoms with Crippen molar-refractivity contribution in [2.75, 3.05) is 21.0 Å². The van der Waals surface area contributed by atoms with Crippen molar-refractivity contribution in [1.29, 1.82) is 0 Å². The Morgan fingerprint density at radius 1 is 0.929 bits per heavy atom. The number of ether oxygens (including phenoxy) is 4. The second-order valence-electron chi connectivity index (χ2n) is 6.68. The van der Waals surface area contributed by atoms with Gasteiger partial charge in [-0.1, -0.05) is 0 Å². The SMILES string of the molecule is COc1cc2cc(C(C)=O)c3c4cc5c(cc4ncc3c2cc1OC)OCO5. The summed E-state index contributed by atoms with van der Waals surface area (Å²) >= 11 is 0. The Kier molecular flexibility index (Phi) is 3.55. The number of methoxy groups -OCH3 is 2. The predicted octanol–water partition coefficient (Wildman–Crippen LogP) is 4.49. The number of hydrogen-bond donors (Lipinski definition) is 0. The lowest BCUT2D eigenvalue weighted by molar-refractivity contribution is 0.101. The zero-order valence-electron chi connectivity index (χ0n) is 15.7. The van der Waals surface area contributed by atoms with Gasteiger partial charge in [0.2, 0.25) is 6.79 Å². The van der Waals surface area contributed by atoms with Gasteiger partial charge in [-0.05, 0) is 42.0 Å². The molecular formula is C22H17NO5. The number of fused-ring (bicyclic) bond motifs is 6. The first-order valence-electron chi connectivity index (χ1n) is 8.82. The van der Waals surface area contributed by atoms with E-state index in [9.17, 15) is 4.79 Å². The Labute approximate surface area is 160 Å². The highest BCUT2D eigenvalue weighted by atomic mass is 16.7. The van der Waals surface area contributed by atoms with Crippen LogP contribution in [0.5, 0.6) is 23.0 Å². The van der Waals surface area contributed by atoms with Crippen LogP contribution in [-0.4, -0.2) is 31.8 Å². The lowest BCUT2D eigenvalue weighted by atomic mass is 9.93. The van der Waals surface area contributed by atoms with Crippen LogP contribution in [0.15, 0.2) is 36.5 Å². The Morgan fingerprint density at radius 2 is 1.64 bits per heavy atom. The van der Waals surface area contributed by atoms with E-state index in [0.717, 1.165) is 32.4 Å². The summed E-state index contributed by atoms with van der Waals surface area (Å²) in [4.78, 5) is 17.1. The molecule has 4 aromatic rings. The zero-order valence-corrected chi connectivity index (χ0v) is 15.7. The zero-order chi connectivity index (χ0) is 19.4. The summed E-state index contributed by atoms with van der Waals surface area (Å²) in [6.45, 7) is 1.75. The van der Waals surface area contributed by atoms with E-state index in [0.29, 0.717) is 28.6 Å². The number of Topliss-reactive ketones (excluding diaryl/α,β-unsaturated/α-hetero) is 1. The highest BCUT2D eigenvalue weighted by Gasteiger charge is 2.20. The third-order valence-corrected chi connectivity index (χ3v) is 5.16. The molecule has 5 rings (SSSR count). The Balaban J connectivity index is 1.98. The molecule has 0 unspecified atom stereocenters. The Hall–Kier alpha value is -3.54. The first-order chi connectivity index (χ1) is 13.6. The third kappa shape index (κ3) is 2.27. The molecule has 6 heteroatoms. The third-order valence-electron chi connectivity index (χ3n) is 5.16. The minimum absolute atomic E-state index is 0.0214. The maximum absolute atomic E-state index is 12.5. The molecule has 28 heavy (non-hydrogen) atoms. The van der Waals surface area contributed by atoms with Gasteiger partial charge in [0, 0.05) is 34.0 Å². The molecule has 0 radical (unpaired) electrons. The highest BCUT2D eigenvalue weighted by Crippen LogP contribution is 2.42. The molecule has 0 amide bonds. The molecule has 0 fully saturated rings. The molecule has 0 atom stereocenters. The van der Waals surface area contributed by atoms with Gasteiger partial charge in [-0.2, -0.15) is 0 Å². The highest BCUT2D eigenvalue weighted by molar-refractivity contribution is 6.24. The van der Waals surface area contributed by atoms with Gasteiger partial charge >= 0.3 is 0 Å². The van der Waals surface area contributed by atoms with Crippen molar-refractivity contribution in [1.82, 2.24) is 4.98 Å². The monoisotopic (exact) mass is 375 g/mol. The molecule has 0 aliphatic carbocycles. The summed E-state index contributed by atoms with van der Waals surface area (Å²) in [7, 11) is 3.19. The van der Waals surface area contributed by atoms with Crippen molar-refractivity contribution in [2.45, 2.75) is 6.92 Å². The average molecular weight is 375 g/mol. The molecule has 6 nitrogen and oxygen atoms in total. The molecule has 0 bridgehead atoms. The van der Waals surface area contributed by atoms with Gasteiger partial charge in [-0.25, -0.2) is 0 Å². The molecule has 3 aromatic carbocycles. The van der Waals surface area contributed by atoms with E-state index >= 15 is 0 Å². The van der Waals surface area contributed by atoms with E-state index < -0.39 is 0 Å². The first kappa shape index (κ1) is 16.6. The van der Waals surface area contributed by atoms with Crippen molar-refractivity contribution in [3.05, 3.63) is 42.1 Å². The van der Waals surface area contributed by atoms with E-state index in [1.54, 1.807) is 27.3 Å². The Morgan fingerprint density at radius 3 is 2.36 bits per heavy atom. The minimum Gasteiger partial charge on any atom is -0.493 e. The summed E-state index contributed by atoms with van der Waals surface area (Å²) in [5.74, 6) is 2.53. The summed E-state index contributed by atoms with van der Waals surface area (Å²) in [6.07, 6.45) is 1.79. The fraction of sp³-hybridized carbons (Fsp3) is 0.182. The maximum atomic E-state index is 12.5.